The maximum atomic E-state index is 13.9. The highest BCUT2D eigenvalue weighted by molar-refractivity contribution is 5.95. The highest BCUT2D eigenvalue weighted by Crippen LogP contribution is 2.21. The first-order chi connectivity index (χ1) is 11.2. The van der Waals surface area contributed by atoms with Gasteiger partial charge in [0.25, 0.3) is 0 Å². The zero-order valence-electron chi connectivity index (χ0n) is 15.9. The molecule has 0 aliphatic carbocycles. The Labute approximate surface area is 148 Å². The van der Waals surface area contributed by atoms with Crippen molar-refractivity contribution in [2.24, 2.45) is 0 Å². The van der Waals surface area contributed by atoms with Gasteiger partial charge in [0.1, 0.15) is 5.83 Å². The Morgan fingerprint density at radius 3 is 1.96 bits per heavy atom. The molecule has 0 radical (unpaired) electrons. The predicted octanol–water partition coefficient (Wildman–Crippen LogP) is 7.21. The summed E-state index contributed by atoms with van der Waals surface area (Å²) < 4.78 is 13.9. The lowest BCUT2D eigenvalue weighted by atomic mass is 10.0. The normalized spacial score (nSPS) is 10.8. The molecule has 0 aromatic carbocycles. The average Bonchev–Trinajstić information content (AvgIpc) is 2.52. The van der Waals surface area contributed by atoms with Crippen molar-refractivity contribution >= 4 is 5.78 Å². The highest BCUT2D eigenvalue weighted by atomic mass is 19.1. The Bertz CT molecular complexity index is 518. The van der Waals surface area contributed by atoms with Crippen LogP contribution in [-0.2, 0) is 4.79 Å². The maximum Gasteiger partial charge on any atom is 0.159 e. The molecular formula is C22H33FO. The van der Waals surface area contributed by atoms with E-state index in [4.69, 9.17) is 0 Å². The smallest absolute Gasteiger partial charge is 0.159 e. The molecule has 0 rings (SSSR count). The van der Waals surface area contributed by atoms with Crippen LogP contribution in [0.1, 0.15) is 59.8 Å². The molecule has 1 nitrogen and oxygen atoms in total. The quantitative estimate of drug-likeness (QED) is 0.235. The maximum absolute atomic E-state index is 13.9. The zero-order valence-corrected chi connectivity index (χ0v) is 15.9. The van der Waals surface area contributed by atoms with Gasteiger partial charge in [-0.2, -0.15) is 0 Å². The van der Waals surface area contributed by atoms with Gasteiger partial charge in [0.05, 0.1) is 0 Å². The number of ketones is 1. The van der Waals surface area contributed by atoms with Crippen LogP contribution in [-0.4, -0.2) is 5.78 Å². The number of hydrogen-bond acceptors (Lipinski definition) is 1. The fourth-order valence-electron chi connectivity index (χ4n) is 1.50. The van der Waals surface area contributed by atoms with Gasteiger partial charge in [0.2, 0.25) is 0 Å². The summed E-state index contributed by atoms with van der Waals surface area (Å²) in [6.45, 7) is 22.6. The van der Waals surface area contributed by atoms with Crippen molar-refractivity contribution in [1.29, 1.82) is 0 Å². The van der Waals surface area contributed by atoms with Crippen LogP contribution in [0.2, 0.25) is 0 Å². The topological polar surface area (TPSA) is 17.1 Å². The molecule has 0 saturated heterocycles. The van der Waals surface area contributed by atoms with Crippen molar-refractivity contribution in [3.8, 4) is 0 Å². The number of carbonyl (C=O) groups is 1. The summed E-state index contributed by atoms with van der Waals surface area (Å²) >= 11 is 0. The SMILES string of the molecule is C=C(/C=C\C(=C)C(=C)/C(F)=C\C(=C)C(C)=O)CCCCC.CCC. The second-order valence-electron chi connectivity index (χ2n) is 5.73. The third-order valence-corrected chi connectivity index (χ3v) is 3.05. The largest absolute Gasteiger partial charge is 0.295 e. The molecule has 0 aliphatic rings. The Morgan fingerprint density at radius 1 is 0.958 bits per heavy atom. The number of rotatable bonds is 10. The predicted molar refractivity (Wildman–Crippen MR) is 106 cm³/mol. The van der Waals surface area contributed by atoms with Gasteiger partial charge < -0.3 is 0 Å². The van der Waals surface area contributed by atoms with Gasteiger partial charge in [-0.3, -0.25) is 4.79 Å². The van der Waals surface area contributed by atoms with Crippen LogP contribution in [0.15, 0.2) is 72.7 Å². The van der Waals surface area contributed by atoms with Gasteiger partial charge in [0, 0.05) is 11.1 Å². The van der Waals surface area contributed by atoms with Gasteiger partial charge in [-0.1, -0.05) is 84.1 Å². The minimum absolute atomic E-state index is 0.106. The third-order valence-electron chi connectivity index (χ3n) is 3.05. The van der Waals surface area contributed by atoms with Crippen LogP contribution in [0.5, 0.6) is 0 Å². The highest BCUT2D eigenvalue weighted by Gasteiger charge is 2.06. The van der Waals surface area contributed by atoms with E-state index < -0.39 is 5.83 Å². The van der Waals surface area contributed by atoms with Crippen molar-refractivity contribution in [2.45, 2.75) is 59.8 Å². The second-order valence-corrected chi connectivity index (χ2v) is 5.73. The van der Waals surface area contributed by atoms with Gasteiger partial charge >= 0.3 is 0 Å². The van der Waals surface area contributed by atoms with Crippen LogP contribution >= 0.6 is 0 Å². The fourth-order valence-corrected chi connectivity index (χ4v) is 1.50. The standard InChI is InChI=1S/C19H25FO.C3H8/c1-7-8-9-10-14(2)11-12-15(3)17(5)19(20)13-16(4)18(6)21;1-3-2/h11-13H,2-5,7-10H2,1,6H3;3H2,1-2H3/b12-11-,19-13+;. The summed E-state index contributed by atoms with van der Waals surface area (Å²) in [5, 5.41) is 0. The third kappa shape index (κ3) is 12.6. The minimum Gasteiger partial charge on any atom is -0.295 e. The van der Waals surface area contributed by atoms with Crippen molar-refractivity contribution in [2.75, 3.05) is 0 Å². The van der Waals surface area contributed by atoms with Crippen LogP contribution in [0.25, 0.3) is 0 Å². The first kappa shape index (κ1) is 24.3. The summed E-state index contributed by atoms with van der Waals surface area (Å²) in [6.07, 6.45) is 10.2. The van der Waals surface area contributed by atoms with Crippen molar-refractivity contribution in [3.63, 3.8) is 0 Å². The lowest BCUT2D eigenvalue weighted by Gasteiger charge is -2.04. The summed E-state index contributed by atoms with van der Waals surface area (Å²) in [7, 11) is 0. The number of halogens is 1. The van der Waals surface area contributed by atoms with Gasteiger partial charge in [0.15, 0.2) is 5.78 Å². The van der Waals surface area contributed by atoms with Gasteiger partial charge in [-0.05, 0) is 31.4 Å². The van der Waals surface area contributed by atoms with E-state index in [1.807, 2.05) is 6.08 Å². The zero-order chi connectivity index (χ0) is 19.1. The summed E-state index contributed by atoms with van der Waals surface area (Å²) in [5.74, 6) is -0.871. The monoisotopic (exact) mass is 332 g/mol. The summed E-state index contributed by atoms with van der Waals surface area (Å²) in [6, 6.07) is 0. The molecule has 0 N–H and O–H groups in total. The van der Waals surface area contributed by atoms with Crippen molar-refractivity contribution < 1.29 is 9.18 Å². The van der Waals surface area contributed by atoms with E-state index in [0.29, 0.717) is 5.57 Å². The van der Waals surface area contributed by atoms with E-state index in [2.05, 4.69) is 47.1 Å². The van der Waals surface area contributed by atoms with E-state index in [1.165, 1.54) is 19.8 Å². The first-order valence-electron chi connectivity index (χ1n) is 8.52. The van der Waals surface area contributed by atoms with Gasteiger partial charge in [-0.15, -0.1) is 0 Å². The van der Waals surface area contributed by atoms with E-state index in [0.717, 1.165) is 30.9 Å². The molecule has 0 saturated carbocycles. The lowest BCUT2D eigenvalue weighted by Crippen LogP contribution is -1.93. The van der Waals surface area contributed by atoms with Crippen LogP contribution in [0.3, 0.4) is 0 Å². The van der Waals surface area contributed by atoms with Crippen molar-refractivity contribution in [3.05, 3.63) is 72.7 Å². The van der Waals surface area contributed by atoms with Crippen LogP contribution in [0, 0.1) is 0 Å². The molecule has 0 amide bonds. The van der Waals surface area contributed by atoms with E-state index >= 15 is 0 Å². The number of allylic oxidation sites excluding steroid dienone is 8. The van der Waals surface area contributed by atoms with Crippen LogP contribution in [0.4, 0.5) is 4.39 Å². The summed E-state index contributed by atoms with van der Waals surface area (Å²) in [4.78, 5) is 11.0. The van der Waals surface area contributed by atoms with E-state index in [1.54, 1.807) is 6.08 Å². The first-order valence-corrected chi connectivity index (χ1v) is 8.52. The van der Waals surface area contributed by atoms with Crippen molar-refractivity contribution in [1.82, 2.24) is 0 Å². The fraction of sp³-hybridized carbons (Fsp3) is 0.409. The number of hydrogen-bond donors (Lipinski definition) is 0. The van der Waals surface area contributed by atoms with Crippen LogP contribution < -0.4 is 0 Å². The molecule has 0 aromatic heterocycles. The molecule has 0 atom stereocenters. The molecule has 0 unspecified atom stereocenters. The average molecular weight is 333 g/mol. The minimum atomic E-state index is -0.596. The molecule has 0 bridgehead atoms. The molecule has 24 heavy (non-hydrogen) atoms. The molecule has 134 valence electrons. The number of carbonyl (C=O) groups excluding carboxylic acids is 1. The number of Topliss-reactive ketones (excluding diaryl/α,β-unsaturated/α-hetero) is 1. The number of unbranched alkanes of at least 4 members (excludes halogenated alkanes) is 2. The summed E-state index contributed by atoms with van der Waals surface area (Å²) in [5.41, 5.74) is 1.69. The molecular weight excluding hydrogens is 299 g/mol. The van der Waals surface area contributed by atoms with E-state index in [9.17, 15) is 9.18 Å². The molecule has 0 aliphatic heterocycles. The molecule has 2 heteroatoms. The Morgan fingerprint density at radius 2 is 1.50 bits per heavy atom. The molecule has 0 heterocycles. The Hall–Kier alpha value is -1.96. The second kappa shape index (κ2) is 14.6. The molecule has 0 spiro atoms. The molecule has 0 aromatic rings. The Kier molecular flexibility index (Phi) is 14.8. The Balaban J connectivity index is 0. The molecule has 0 fully saturated rings. The van der Waals surface area contributed by atoms with E-state index in [-0.39, 0.29) is 16.9 Å². The van der Waals surface area contributed by atoms with Gasteiger partial charge in [-0.25, -0.2) is 4.39 Å². The lowest BCUT2D eigenvalue weighted by molar-refractivity contribution is -0.113.